The second-order valence-corrected chi connectivity index (χ2v) is 11.4. The van der Waals surface area contributed by atoms with E-state index in [1.807, 2.05) is 0 Å². The molecule has 3 heterocycles. The lowest BCUT2D eigenvalue weighted by Gasteiger charge is -2.30. The zero-order valence-corrected chi connectivity index (χ0v) is 22.9. The summed E-state index contributed by atoms with van der Waals surface area (Å²) in [4.78, 5) is 12.3. The molecule has 0 aliphatic carbocycles. The molecular formula is C24H26ClF3N8O3S. The lowest BCUT2D eigenvalue weighted by atomic mass is 10.1. The minimum absolute atomic E-state index is 0.0143. The first kappa shape index (κ1) is 29.7. The summed E-state index contributed by atoms with van der Waals surface area (Å²) >= 11 is 6.46. The molecule has 16 heteroatoms. The van der Waals surface area contributed by atoms with Crippen molar-refractivity contribution >= 4 is 33.3 Å². The number of nitrogens with zero attached hydrogens (tertiary/aromatic N) is 6. The number of nitrogens with one attached hydrogen (secondary N) is 2. The highest BCUT2D eigenvalue weighted by Crippen LogP contribution is 2.31. The average Bonchev–Trinajstić information content (AvgIpc) is 3.37. The molecule has 0 atom stereocenters. The molecule has 1 saturated heterocycles. The van der Waals surface area contributed by atoms with E-state index in [-0.39, 0.29) is 18.3 Å². The summed E-state index contributed by atoms with van der Waals surface area (Å²) in [6.45, 7) is 8.14. The van der Waals surface area contributed by atoms with Crippen LogP contribution in [0.15, 0.2) is 36.8 Å². The van der Waals surface area contributed by atoms with E-state index in [1.54, 1.807) is 30.6 Å². The van der Waals surface area contributed by atoms with Crippen molar-refractivity contribution in [1.82, 2.24) is 29.4 Å². The molecular weight excluding hydrogens is 573 g/mol. The minimum Gasteiger partial charge on any atom is -0.351 e. The number of sulfonamides is 1. The van der Waals surface area contributed by atoms with Gasteiger partial charge in [0.15, 0.2) is 0 Å². The third-order valence-electron chi connectivity index (χ3n) is 6.13. The predicted octanol–water partition coefficient (Wildman–Crippen LogP) is 4.00. The van der Waals surface area contributed by atoms with Crippen molar-refractivity contribution in [2.24, 2.45) is 0 Å². The molecule has 0 saturated carbocycles. The molecule has 11 nitrogen and oxygen atoms in total. The number of hydrogen-bond donors (Lipinski definition) is 2. The van der Waals surface area contributed by atoms with Crippen molar-refractivity contribution < 1.29 is 26.3 Å². The van der Waals surface area contributed by atoms with Crippen LogP contribution in [0.25, 0.3) is 21.8 Å². The van der Waals surface area contributed by atoms with Gasteiger partial charge in [-0.3, -0.25) is 4.74 Å². The maximum atomic E-state index is 12.1. The highest BCUT2D eigenvalue weighted by atomic mass is 35.5. The van der Waals surface area contributed by atoms with E-state index in [2.05, 4.69) is 35.3 Å². The molecule has 0 radical (unpaired) electrons. The molecule has 1 aliphatic heterocycles. The molecule has 1 fully saturated rings. The molecule has 40 heavy (non-hydrogen) atoms. The Balaban J connectivity index is 1.43. The number of alkyl halides is 3. The normalized spacial score (nSPS) is 15.2. The van der Waals surface area contributed by atoms with Crippen LogP contribution in [0, 0.1) is 6.57 Å². The molecule has 1 aromatic carbocycles. The van der Waals surface area contributed by atoms with Crippen LogP contribution in [0.4, 0.5) is 24.8 Å². The summed E-state index contributed by atoms with van der Waals surface area (Å²) in [5.41, 5.74) is 2.50. The molecule has 0 spiro atoms. The van der Waals surface area contributed by atoms with Crippen LogP contribution < -0.4 is 10.6 Å². The fourth-order valence-electron chi connectivity index (χ4n) is 4.15. The fraction of sp³-hybridized carbons (Fsp3) is 0.417. The number of hydrogen-bond acceptors (Lipinski definition) is 8. The second-order valence-electron chi connectivity index (χ2n) is 9.05. The van der Waals surface area contributed by atoms with Gasteiger partial charge >= 0.3 is 6.36 Å². The molecule has 4 rings (SSSR count). The summed E-state index contributed by atoms with van der Waals surface area (Å²) in [5, 5.41) is 10.8. The van der Waals surface area contributed by atoms with E-state index < -0.39 is 23.0 Å². The Morgan fingerprint density at radius 2 is 2.00 bits per heavy atom. The highest BCUT2D eigenvalue weighted by molar-refractivity contribution is 7.88. The largest absolute Gasteiger partial charge is 0.522 e. The maximum Gasteiger partial charge on any atom is 0.522 e. The highest BCUT2D eigenvalue weighted by Gasteiger charge is 2.28. The van der Waals surface area contributed by atoms with Crippen LogP contribution >= 0.6 is 11.6 Å². The smallest absolute Gasteiger partial charge is 0.351 e. The Morgan fingerprint density at radius 3 is 2.65 bits per heavy atom. The number of rotatable bonds is 10. The van der Waals surface area contributed by atoms with Crippen molar-refractivity contribution in [2.45, 2.75) is 31.8 Å². The number of benzene rings is 1. The Hall–Kier alpha value is -3.29. The number of ether oxygens (including phenoxy) is 1. The summed E-state index contributed by atoms with van der Waals surface area (Å²) < 4.78 is 66.4. The summed E-state index contributed by atoms with van der Waals surface area (Å²) in [6.07, 6.45) is 2.39. The van der Waals surface area contributed by atoms with Gasteiger partial charge in [0.25, 0.3) is 0 Å². The Labute approximate surface area is 234 Å². The Kier molecular flexibility index (Phi) is 9.26. The van der Waals surface area contributed by atoms with E-state index in [0.717, 1.165) is 5.56 Å². The van der Waals surface area contributed by atoms with Crippen LogP contribution in [-0.2, 0) is 21.3 Å². The topological polar surface area (TPSA) is 119 Å². The Bertz CT molecular complexity index is 1490. The molecule has 214 valence electrons. The lowest BCUT2D eigenvalue weighted by molar-refractivity contribution is -0.323. The third kappa shape index (κ3) is 7.89. The predicted molar refractivity (Wildman–Crippen MR) is 143 cm³/mol. The van der Waals surface area contributed by atoms with E-state index in [4.69, 9.17) is 18.2 Å². The van der Waals surface area contributed by atoms with Gasteiger partial charge in [-0.2, -0.15) is 5.10 Å². The van der Waals surface area contributed by atoms with Gasteiger partial charge in [0, 0.05) is 50.2 Å². The van der Waals surface area contributed by atoms with Gasteiger partial charge in [0.2, 0.25) is 21.7 Å². The van der Waals surface area contributed by atoms with Crippen molar-refractivity contribution in [2.75, 3.05) is 37.8 Å². The standard InChI is InChI=1S/C24H26ClF3N8O3S/c1-29-20-14-31-23(33-18-5-8-35(9-6-18)40(2,37)38)34-22(20)17-13-32-36(15-17)21-4-3-16(11-19(21)25)12-30-7-10-39-24(26,27)28/h3-4,11,13-15,18,30H,5-10,12H2,2H3,(H,31,33,34). The van der Waals surface area contributed by atoms with Gasteiger partial charge < -0.3 is 10.6 Å². The van der Waals surface area contributed by atoms with Crippen LogP contribution in [0.1, 0.15) is 18.4 Å². The molecule has 2 N–H and O–H groups in total. The van der Waals surface area contributed by atoms with Crippen LogP contribution in [0.3, 0.4) is 0 Å². The third-order valence-corrected chi connectivity index (χ3v) is 7.74. The van der Waals surface area contributed by atoms with Crippen LogP contribution in [0.5, 0.6) is 0 Å². The molecule has 0 bridgehead atoms. The number of aromatic nitrogens is 4. The number of piperidine rings is 1. The number of halogens is 4. The monoisotopic (exact) mass is 598 g/mol. The van der Waals surface area contributed by atoms with E-state index in [0.29, 0.717) is 60.4 Å². The summed E-state index contributed by atoms with van der Waals surface area (Å²) in [7, 11) is -3.23. The molecule has 0 unspecified atom stereocenters. The van der Waals surface area contributed by atoms with Crippen molar-refractivity contribution in [3.63, 3.8) is 0 Å². The van der Waals surface area contributed by atoms with Crippen molar-refractivity contribution in [1.29, 1.82) is 0 Å². The maximum absolute atomic E-state index is 12.1. The lowest BCUT2D eigenvalue weighted by Crippen LogP contribution is -2.42. The van der Waals surface area contributed by atoms with Gasteiger partial charge in [-0.25, -0.2) is 32.2 Å². The van der Waals surface area contributed by atoms with Crippen molar-refractivity contribution in [3.05, 3.63) is 58.8 Å². The zero-order valence-electron chi connectivity index (χ0n) is 21.3. The summed E-state index contributed by atoms with van der Waals surface area (Å²) in [5.74, 6) is 0.323. The van der Waals surface area contributed by atoms with E-state index in [1.165, 1.54) is 21.4 Å². The first-order chi connectivity index (χ1) is 18.9. The van der Waals surface area contributed by atoms with Crippen LogP contribution in [-0.4, -0.2) is 77.4 Å². The number of anilines is 1. The minimum atomic E-state index is -4.66. The van der Waals surface area contributed by atoms with Crippen molar-refractivity contribution in [3.8, 4) is 16.9 Å². The first-order valence-electron chi connectivity index (χ1n) is 12.1. The van der Waals surface area contributed by atoms with E-state index in [9.17, 15) is 21.6 Å². The quantitative estimate of drug-likeness (QED) is 0.266. The first-order valence-corrected chi connectivity index (χ1v) is 14.4. The SMILES string of the molecule is [C-]#[N+]c1cnc(NC2CCN(S(C)(=O)=O)CC2)nc1-c1cnn(-c2ccc(CNCCOC(F)(F)F)cc2Cl)c1. The van der Waals surface area contributed by atoms with Gasteiger partial charge in [-0.05, 0) is 30.5 Å². The average molecular weight is 599 g/mol. The molecule has 3 aromatic rings. The van der Waals surface area contributed by atoms with Gasteiger partial charge in [0.05, 0.1) is 42.0 Å². The van der Waals surface area contributed by atoms with E-state index >= 15 is 0 Å². The molecule has 1 aliphatic rings. The second kappa shape index (κ2) is 12.5. The van der Waals surface area contributed by atoms with Crippen LogP contribution in [0.2, 0.25) is 5.02 Å². The summed E-state index contributed by atoms with van der Waals surface area (Å²) in [6, 6.07) is 5.17. The molecule has 0 amide bonds. The van der Waals surface area contributed by atoms with Gasteiger partial charge in [-0.1, -0.05) is 17.7 Å². The fourth-order valence-corrected chi connectivity index (χ4v) is 5.31. The van der Waals surface area contributed by atoms with Gasteiger partial charge in [0.1, 0.15) is 0 Å². The molecule has 2 aromatic heterocycles. The zero-order chi connectivity index (χ0) is 28.9. The Morgan fingerprint density at radius 1 is 1.25 bits per heavy atom. The van der Waals surface area contributed by atoms with Gasteiger partial charge in [-0.15, -0.1) is 13.2 Å².